The highest BCUT2D eigenvalue weighted by atomic mass is 35.5. The van der Waals surface area contributed by atoms with Crippen LogP contribution in [0, 0.1) is 0 Å². The number of halogens is 5. The summed E-state index contributed by atoms with van der Waals surface area (Å²) in [5.41, 5.74) is 0.572. The third-order valence-electron chi connectivity index (χ3n) is 5.07. The number of rotatable bonds is 9. The summed E-state index contributed by atoms with van der Waals surface area (Å²) >= 11 is 13.6. The number of aromatic nitrogens is 3. The summed E-state index contributed by atoms with van der Waals surface area (Å²) in [6.45, 7) is -0.133. The van der Waals surface area contributed by atoms with Crippen LogP contribution in [0.2, 0.25) is 10.0 Å². The van der Waals surface area contributed by atoms with E-state index in [1.807, 2.05) is 6.07 Å². The van der Waals surface area contributed by atoms with Crippen molar-refractivity contribution in [2.75, 3.05) is 6.61 Å². The average molecular weight is 567 g/mol. The monoisotopic (exact) mass is 566 g/mol. The Balaban J connectivity index is 1.49. The fourth-order valence-electron chi connectivity index (χ4n) is 3.22. The molecule has 192 valence electrons. The number of carbonyl (C=O) groups excluding carboxylic acids is 1. The van der Waals surface area contributed by atoms with Crippen LogP contribution < -0.4 is 10.1 Å². The van der Waals surface area contributed by atoms with Crippen LogP contribution in [0.4, 0.5) is 13.2 Å². The van der Waals surface area contributed by atoms with Crippen LogP contribution in [-0.2, 0) is 23.3 Å². The second kappa shape index (κ2) is 11.9. The van der Waals surface area contributed by atoms with E-state index >= 15 is 0 Å². The number of ether oxygens (including phenoxy) is 1. The number of para-hydroxylation sites is 1. The Labute approximate surface area is 224 Å². The van der Waals surface area contributed by atoms with Crippen LogP contribution >= 0.6 is 35.0 Å². The van der Waals surface area contributed by atoms with Gasteiger partial charge in [0.2, 0.25) is 0 Å². The van der Waals surface area contributed by atoms with Crippen molar-refractivity contribution >= 4 is 40.9 Å². The zero-order chi connectivity index (χ0) is 26.4. The first-order valence-corrected chi connectivity index (χ1v) is 12.6. The minimum atomic E-state index is -4.40. The van der Waals surface area contributed by atoms with E-state index in [1.54, 1.807) is 47.0 Å². The van der Waals surface area contributed by atoms with Crippen LogP contribution in [0.1, 0.15) is 17.0 Å². The van der Waals surface area contributed by atoms with E-state index in [4.69, 9.17) is 27.9 Å². The molecule has 0 spiro atoms. The molecule has 0 aliphatic rings. The summed E-state index contributed by atoms with van der Waals surface area (Å²) in [7, 11) is 0. The van der Waals surface area contributed by atoms with Crippen LogP contribution in [-0.4, -0.2) is 27.3 Å². The van der Waals surface area contributed by atoms with Gasteiger partial charge in [-0.15, -0.1) is 10.2 Å². The Morgan fingerprint density at radius 1 is 0.973 bits per heavy atom. The number of benzene rings is 3. The molecule has 0 bridgehead atoms. The lowest BCUT2D eigenvalue weighted by atomic mass is 10.1. The number of amides is 1. The first-order chi connectivity index (χ1) is 17.7. The molecule has 1 aromatic heterocycles. The maximum Gasteiger partial charge on any atom is 0.416 e. The van der Waals surface area contributed by atoms with E-state index in [-0.39, 0.29) is 19.1 Å². The molecule has 3 aromatic carbocycles. The summed E-state index contributed by atoms with van der Waals surface area (Å²) in [6, 6.07) is 18.8. The molecule has 0 atom stereocenters. The number of hydrogen-bond donors (Lipinski definition) is 1. The van der Waals surface area contributed by atoms with Gasteiger partial charge < -0.3 is 10.1 Å². The maximum atomic E-state index is 12.9. The van der Waals surface area contributed by atoms with E-state index in [0.717, 1.165) is 12.1 Å². The standard InChI is InChI=1S/C25H19Cl2F3N4O2S/c26-20-11-10-18(12-21(20)27)34-22(13-31-23(35)14-36-19-4-2-1-3-5-19)32-33-24(34)37-15-16-6-8-17(9-7-16)25(28,29)30/h1-12H,13-15H2,(H,31,35). The molecule has 0 unspecified atom stereocenters. The molecule has 4 aromatic rings. The van der Waals surface area contributed by atoms with Crippen molar-refractivity contribution in [3.8, 4) is 11.4 Å². The van der Waals surface area contributed by atoms with E-state index in [0.29, 0.717) is 43.8 Å². The quantitative estimate of drug-likeness (QED) is 0.232. The fourth-order valence-corrected chi connectivity index (χ4v) is 4.44. The second-order valence-electron chi connectivity index (χ2n) is 7.69. The van der Waals surface area contributed by atoms with Gasteiger partial charge in [0, 0.05) is 5.75 Å². The predicted molar refractivity (Wildman–Crippen MR) is 136 cm³/mol. The van der Waals surface area contributed by atoms with Gasteiger partial charge >= 0.3 is 6.18 Å². The van der Waals surface area contributed by atoms with Crippen LogP contribution in [0.3, 0.4) is 0 Å². The predicted octanol–water partition coefficient (Wildman–Crippen LogP) is 6.58. The van der Waals surface area contributed by atoms with Crippen LogP contribution in [0.5, 0.6) is 5.75 Å². The summed E-state index contributed by atoms with van der Waals surface area (Å²) in [6.07, 6.45) is -4.40. The second-order valence-corrected chi connectivity index (χ2v) is 9.45. The van der Waals surface area contributed by atoms with Gasteiger partial charge in [0.25, 0.3) is 5.91 Å². The minimum absolute atomic E-state index is 0.0467. The zero-order valence-electron chi connectivity index (χ0n) is 19.0. The molecule has 0 saturated heterocycles. The Morgan fingerprint density at radius 3 is 2.38 bits per heavy atom. The number of hydrogen-bond acceptors (Lipinski definition) is 5. The smallest absolute Gasteiger partial charge is 0.416 e. The molecule has 1 amide bonds. The zero-order valence-corrected chi connectivity index (χ0v) is 21.3. The number of thioether (sulfide) groups is 1. The van der Waals surface area contributed by atoms with Crippen molar-refractivity contribution in [3.63, 3.8) is 0 Å². The number of carbonyl (C=O) groups is 1. The molecule has 1 heterocycles. The summed E-state index contributed by atoms with van der Waals surface area (Å²) in [4.78, 5) is 12.3. The van der Waals surface area contributed by atoms with Crippen molar-refractivity contribution < 1.29 is 22.7 Å². The first-order valence-electron chi connectivity index (χ1n) is 10.8. The Kier molecular flexibility index (Phi) is 8.63. The van der Waals surface area contributed by atoms with Crippen molar-refractivity contribution in [1.29, 1.82) is 0 Å². The van der Waals surface area contributed by atoms with Gasteiger partial charge in [-0.2, -0.15) is 13.2 Å². The largest absolute Gasteiger partial charge is 0.484 e. The van der Waals surface area contributed by atoms with Crippen molar-refractivity contribution in [3.05, 3.63) is 99.8 Å². The van der Waals surface area contributed by atoms with Crippen molar-refractivity contribution in [1.82, 2.24) is 20.1 Å². The van der Waals surface area contributed by atoms with E-state index < -0.39 is 11.7 Å². The molecule has 12 heteroatoms. The van der Waals surface area contributed by atoms with Crippen molar-refractivity contribution in [2.45, 2.75) is 23.6 Å². The molecule has 0 aliphatic carbocycles. The van der Waals surface area contributed by atoms with Gasteiger partial charge in [-0.25, -0.2) is 0 Å². The lowest BCUT2D eigenvalue weighted by Gasteiger charge is -2.12. The third-order valence-corrected chi connectivity index (χ3v) is 6.81. The Morgan fingerprint density at radius 2 is 1.70 bits per heavy atom. The minimum Gasteiger partial charge on any atom is -0.484 e. The topological polar surface area (TPSA) is 69.0 Å². The van der Waals surface area contributed by atoms with Gasteiger partial charge in [0.05, 0.1) is 27.8 Å². The van der Waals surface area contributed by atoms with Gasteiger partial charge in [0.15, 0.2) is 17.6 Å². The van der Waals surface area contributed by atoms with Gasteiger partial charge in [-0.3, -0.25) is 9.36 Å². The lowest BCUT2D eigenvalue weighted by Crippen LogP contribution is -2.29. The summed E-state index contributed by atoms with van der Waals surface area (Å²) < 4.78 is 45.7. The molecular formula is C25H19Cl2F3N4O2S. The SMILES string of the molecule is O=C(COc1ccccc1)NCc1nnc(SCc2ccc(C(F)(F)F)cc2)n1-c1ccc(Cl)c(Cl)c1. The summed E-state index contributed by atoms with van der Waals surface area (Å²) in [5, 5.41) is 12.3. The van der Waals surface area contributed by atoms with Crippen LogP contribution in [0.15, 0.2) is 78.0 Å². The average Bonchev–Trinajstić information content (AvgIpc) is 3.29. The molecular weight excluding hydrogens is 548 g/mol. The van der Waals surface area contributed by atoms with Crippen molar-refractivity contribution in [2.24, 2.45) is 0 Å². The van der Waals surface area contributed by atoms with E-state index in [9.17, 15) is 18.0 Å². The third kappa shape index (κ3) is 7.18. The number of alkyl halides is 3. The first kappa shape index (κ1) is 26.8. The Bertz CT molecular complexity index is 1370. The molecule has 37 heavy (non-hydrogen) atoms. The maximum absolute atomic E-state index is 12.9. The molecule has 0 radical (unpaired) electrons. The Hall–Kier alpha value is -3.21. The highest BCUT2D eigenvalue weighted by molar-refractivity contribution is 7.98. The molecule has 6 nitrogen and oxygen atoms in total. The lowest BCUT2D eigenvalue weighted by molar-refractivity contribution is -0.137. The number of nitrogens with zero attached hydrogens (tertiary/aromatic N) is 3. The molecule has 0 saturated carbocycles. The van der Waals surface area contributed by atoms with Gasteiger partial charge in [-0.1, -0.05) is 65.3 Å². The fraction of sp³-hybridized carbons (Fsp3) is 0.160. The highest BCUT2D eigenvalue weighted by Gasteiger charge is 2.30. The molecule has 0 fully saturated rings. The van der Waals surface area contributed by atoms with Gasteiger partial charge in [0.1, 0.15) is 5.75 Å². The molecule has 1 N–H and O–H groups in total. The molecule has 4 rings (SSSR count). The van der Waals surface area contributed by atoms with Crippen LogP contribution in [0.25, 0.3) is 5.69 Å². The number of nitrogens with one attached hydrogen (secondary N) is 1. The van der Waals surface area contributed by atoms with E-state index in [2.05, 4.69) is 15.5 Å². The normalized spacial score (nSPS) is 11.4. The van der Waals surface area contributed by atoms with Gasteiger partial charge in [-0.05, 0) is 48.0 Å². The summed E-state index contributed by atoms with van der Waals surface area (Å²) in [5.74, 6) is 0.973. The highest BCUT2D eigenvalue weighted by Crippen LogP contribution is 2.32. The molecule has 0 aliphatic heterocycles. The van der Waals surface area contributed by atoms with E-state index in [1.165, 1.54) is 23.9 Å².